The predicted molar refractivity (Wildman–Crippen MR) is 69.6 cm³/mol. The minimum absolute atomic E-state index is 0.240. The smallest absolute Gasteiger partial charge is 0.123 e. The highest BCUT2D eigenvalue weighted by molar-refractivity contribution is 5.30. The second-order valence-corrected chi connectivity index (χ2v) is 4.33. The van der Waals surface area contributed by atoms with Crippen LogP contribution in [0.5, 0.6) is 0 Å². The lowest BCUT2D eigenvalue weighted by Crippen LogP contribution is -2.07. The van der Waals surface area contributed by atoms with Gasteiger partial charge in [0.05, 0.1) is 0 Å². The van der Waals surface area contributed by atoms with E-state index in [0.717, 1.165) is 29.9 Å². The quantitative estimate of drug-likeness (QED) is 0.882. The van der Waals surface area contributed by atoms with Crippen molar-refractivity contribution in [1.82, 2.24) is 9.55 Å². The van der Waals surface area contributed by atoms with Gasteiger partial charge in [-0.2, -0.15) is 0 Å². The molecule has 4 heteroatoms. The Morgan fingerprint density at radius 3 is 2.89 bits per heavy atom. The van der Waals surface area contributed by atoms with Gasteiger partial charge < -0.3 is 10.3 Å². The molecule has 2 aromatic rings. The standard InChI is InChI=1S/C14H18FN3/c1-2-6-18-7-5-17-14(18)9-11-3-4-13(15)8-12(11)10-16/h3-5,7-8H,2,6,9-10,16H2,1H3. The maximum atomic E-state index is 13.1. The molecule has 0 spiro atoms. The van der Waals surface area contributed by atoms with E-state index in [2.05, 4.69) is 16.5 Å². The van der Waals surface area contributed by atoms with Crippen molar-refractivity contribution < 1.29 is 4.39 Å². The summed E-state index contributed by atoms with van der Waals surface area (Å²) in [7, 11) is 0. The third kappa shape index (κ3) is 2.76. The maximum Gasteiger partial charge on any atom is 0.123 e. The van der Waals surface area contributed by atoms with Gasteiger partial charge >= 0.3 is 0 Å². The van der Waals surface area contributed by atoms with Crippen LogP contribution < -0.4 is 5.73 Å². The number of hydrogen-bond donors (Lipinski definition) is 1. The van der Waals surface area contributed by atoms with E-state index in [-0.39, 0.29) is 5.82 Å². The molecule has 18 heavy (non-hydrogen) atoms. The Balaban J connectivity index is 2.25. The highest BCUT2D eigenvalue weighted by Gasteiger charge is 2.08. The van der Waals surface area contributed by atoms with Crippen LogP contribution >= 0.6 is 0 Å². The summed E-state index contributed by atoms with van der Waals surface area (Å²) < 4.78 is 15.3. The van der Waals surface area contributed by atoms with Crippen LogP contribution in [0, 0.1) is 5.82 Å². The number of imidazole rings is 1. The van der Waals surface area contributed by atoms with Gasteiger partial charge in [0, 0.05) is 31.9 Å². The fraction of sp³-hybridized carbons (Fsp3) is 0.357. The van der Waals surface area contributed by atoms with Gasteiger partial charge in [0.15, 0.2) is 0 Å². The molecule has 0 unspecified atom stereocenters. The third-order valence-electron chi connectivity index (χ3n) is 3.00. The van der Waals surface area contributed by atoms with Gasteiger partial charge in [0.25, 0.3) is 0 Å². The molecule has 3 nitrogen and oxygen atoms in total. The topological polar surface area (TPSA) is 43.8 Å². The molecule has 2 rings (SSSR count). The number of nitrogens with two attached hydrogens (primary N) is 1. The summed E-state index contributed by atoms with van der Waals surface area (Å²) >= 11 is 0. The van der Waals surface area contributed by atoms with Gasteiger partial charge in [-0.1, -0.05) is 13.0 Å². The Labute approximate surface area is 106 Å². The molecule has 0 saturated heterocycles. The summed E-state index contributed by atoms with van der Waals surface area (Å²) in [6.45, 7) is 3.43. The molecule has 1 aromatic carbocycles. The Kier molecular flexibility index (Phi) is 4.10. The zero-order valence-electron chi connectivity index (χ0n) is 10.6. The van der Waals surface area contributed by atoms with Crippen molar-refractivity contribution in [3.63, 3.8) is 0 Å². The number of hydrogen-bond acceptors (Lipinski definition) is 2. The lowest BCUT2D eigenvalue weighted by atomic mass is 10.0. The van der Waals surface area contributed by atoms with Crippen LogP contribution in [0.25, 0.3) is 0 Å². The fourth-order valence-electron chi connectivity index (χ4n) is 2.08. The van der Waals surface area contributed by atoms with Gasteiger partial charge in [-0.15, -0.1) is 0 Å². The van der Waals surface area contributed by atoms with Gasteiger partial charge in [0.1, 0.15) is 11.6 Å². The first kappa shape index (κ1) is 12.8. The number of halogens is 1. The number of rotatable bonds is 5. The number of aromatic nitrogens is 2. The minimum Gasteiger partial charge on any atom is -0.335 e. The van der Waals surface area contributed by atoms with E-state index in [9.17, 15) is 4.39 Å². The molecule has 0 saturated carbocycles. The summed E-state index contributed by atoms with van der Waals surface area (Å²) in [6.07, 6.45) is 5.54. The molecule has 0 bridgehead atoms. The maximum absolute atomic E-state index is 13.1. The molecule has 0 amide bonds. The Hall–Kier alpha value is -1.68. The van der Waals surface area contributed by atoms with Crippen LogP contribution in [-0.4, -0.2) is 9.55 Å². The van der Waals surface area contributed by atoms with E-state index in [1.807, 2.05) is 6.20 Å². The first-order valence-corrected chi connectivity index (χ1v) is 6.22. The van der Waals surface area contributed by atoms with Crippen molar-refractivity contribution in [3.05, 3.63) is 53.4 Å². The van der Waals surface area contributed by atoms with E-state index in [4.69, 9.17) is 5.73 Å². The molecule has 96 valence electrons. The van der Waals surface area contributed by atoms with Gasteiger partial charge in [-0.3, -0.25) is 0 Å². The largest absolute Gasteiger partial charge is 0.335 e. The summed E-state index contributed by atoms with van der Waals surface area (Å²) in [4.78, 5) is 4.36. The SMILES string of the molecule is CCCn1ccnc1Cc1ccc(F)cc1CN. The molecular formula is C14H18FN3. The number of aryl methyl sites for hydroxylation is 1. The lowest BCUT2D eigenvalue weighted by Gasteiger charge is -2.10. The molecular weight excluding hydrogens is 229 g/mol. The van der Waals surface area contributed by atoms with E-state index in [1.165, 1.54) is 12.1 Å². The molecule has 0 aliphatic carbocycles. The molecule has 0 aliphatic rings. The monoisotopic (exact) mass is 247 g/mol. The molecule has 0 atom stereocenters. The van der Waals surface area contributed by atoms with E-state index in [1.54, 1.807) is 12.3 Å². The van der Waals surface area contributed by atoms with Gasteiger partial charge in [0.2, 0.25) is 0 Å². The van der Waals surface area contributed by atoms with Gasteiger partial charge in [-0.05, 0) is 29.7 Å². The molecule has 1 aromatic heterocycles. The van der Waals surface area contributed by atoms with Crippen molar-refractivity contribution in [1.29, 1.82) is 0 Å². The van der Waals surface area contributed by atoms with Crippen LogP contribution in [0.3, 0.4) is 0 Å². The van der Waals surface area contributed by atoms with Crippen molar-refractivity contribution in [2.75, 3.05) is 0 Å². The Bertz CT molecular complexity index is 520. The Morgan fingerprint density at radius 2 is 2.17 bits per heavy atom. The summed E-state index contributed by atoms with van der Waals surface area (Å²) in [5, 5.41) is 0. The predicted octanol–water partition coefficient (Wildman–Crippen LogP) is 2.48. The highest BCUT2D eigenvalue weighted by atomic mass is 19.1. The Morgan fingerprint density at radius 1 is 1.33 bits per heavy atom. The second-order valence-electron chi connectivity index (χ2n) is 4.33. The zero-order chi connectivity index (χ0) is 13.0. The van der Waals surface area contributed by atoms with E-state index >= 15 is 0 Å². The van der Waals surface area contributed by atoms with E-state index in [0.29, 0.717) is 13.0 Å². The number of nitrogens with zero attached hydrogens (tertiary/aromatic N) is 2. The highest BCUT2D eigenvalue weighted by Crippen LogP contribution is 2.15. The van der Waals surface area contributed by atoms with E-state index < -0.39 is 0 Å². The molecule has 0 radical (unpaired) electrons. The van der Waals surface area contributed by atoms with Crippen LogP contribution in [0.1, 0.15) is 30.3 Å². The van der Waals surface area contributed by atoms with Crippen LogP contribution in [0.4, 0.5) is 4.39 Å². The average molecular weight is 247 g/mol. The molecule has 0 fully saturated rings. The van der Waals surface area contributed by atoms with Crippen LogP contribution in [-0.2, 0) is 19.5 Å². The fourth-order valence-corrected chi connectivity index (χ4v) is 2.08. The molecule has 2 N–H and O–H groups in total. The minimum atomic E-state index is -0.240. The molecule has 0 aliphatic heterocycles. The van der Waals surface area contributed by atoms with Crippen molar-refractivity contribution in [2.45, 2.75) is 32.9 Å². The van der Waals surface area contributed by atoms with Crippen LogP contribution in [0.15, 0.2) is 30.6 Å². The third-order valence-corrected chi connectivity index (χ3v) is 3.00. The van der Waals surface area contributed by atoms with Crippen molar-refractivity contribution in [3.8, 4) is 0 Å². The van der Waals surface area contributed by atoms with Crippen LogP contribution in [0.2, 0.25) is 0 Å². The summed E-state index contributed by atoms with van der Waals surface area (Å²) in [5.74, 6) is 0.759. The lowest BCUT2D eigenvalue weighted by molar-refractivity contribution is 0.622. The summed E-state index contributed by atoms with van der Waals surface area (Å²) in [6, 6.07) is 4.77. The van der Waals surface area contributed by atoms with Crippen molar-refractivity contribution in [2.24, 2.45) is 5.73 Å². The summed E-state index contributed by atoms with van der Waals surface area (Å²) in [5.41, 5.74) is 7.54. The molecule has 1 heterocycles. The second kappa shape index (κ2) is 5.78. The first-order chi connectivity index (χ1) is 8.74. The first-order valence-electron chi connectivity index (χ1n) is 6.22. The van der Waals surface area contributed by atoms with Crippen molar-refractivity contribution >= 4 is 0 Å². The zero-order valence-corrected chi connectivity index (χ0v) is 10.6. The normalized spacial score (nSPS) is 10.8. The number of benzene rings is 1. The average Bonchev–Trinajstić information content (AvgIpc) is 2.79. The van der Waals surface area contributed by atoms with Gasteiger partial charge in [-0.25, -0.2) is 9.37 Å².